The number of aliphatic hydroxyl groups excluding tert-OH is 1. The van der Waals surface area contributed by atoms with Gasteiger partial charge >= 0.3 is 16.5 Å². The Bertz CT molecular complexity index is 682. The number of hydrogen-bond donors (Lipinski definition) is 1. The van der Waals surface area contributed by atoms with Crippen LogP contribution in [0.5, 0.6) is 5.75 Å². The second kappa shape index (κ2) is 14.4. The Morgan fingerprint density at radius 3 is 2.25 bits per heavy atom. The molecule has 28 heavy (non-hydrogen) atoms. The Labute approximate surface area is 175 Å². The molecule has 0 saturated heterocycles. The number of para-hydroxylation sites is 1. The van der Waals surface area contributed by atoms with Crippen molar-refractivity contribution in [3.8, 4) is 5.75 Å². The van der Waals surface area contributed by atoms with Crippen LogP contribution in [0.3, 0.4) is 0 Å². The Morgan fingerprint density at radius 1 is 1.04 bits per heavy atom. The monoisotopic (exact) mass is 455 g/mol. The zero-order valence-electron chi connectivity index (χ0n) is 14.8. The first kappa shape index (κ1) is 26.4. The number of aliphatic imine (C=N–C) groups is 1. The van der Waals surface area contributed by atoms with Crippen LogP contribution < -0.4 is 23.7 Å². The van der Waals surface area contributed by atoms with Crippen LogP contribution in [0.2, 0.25) is 0 Å². The summed E-state index contributed by atoms with van der Waals surface area (Å²) in [7, 11) is -4.94. The van der Waals surface area contributed by atoms with Crippen LogP contribution in [-0.4, -0.2) is 47.4 Å². The second-order valence-electron chi connectivity index (χ2n) is 5.27. The molecule has 0 bridgehead atoms. The summed E-state index contributed by atoms with van der Waals surface area (Å²) in [6, 6.07) is 12.6. The van der Waals surface area contributed by atoms with E-state index >= 15 is 0 Å². The minimum absolute atomic E-state index is 0. The number of rotatable bonds is 8. The molecule has 0 aliphatic rings. The van der Waals surface area contributed by atoms with Gasteiger partial charge in [0.25, 0.3) is 0 Å². The average molecular weight is 457 g/mol. The number of benzene rings is 1. The maximum atomic E-state index is 11.5. The number of halogens is 1. The molecular formula is C17H20ClN3NiO6. The van der Waals surface area contributed by atoms with E-state index in [1.807, 2.05) is 24.3 Å². The molecule has 0 amide bonds. The van der Waals surface area contributed by atoms with Gasteiger partial charge in [-0.1, -0.05) is 30.3 Å². The molecule has 156 valence electrons. The predicted molar refractivity (Wildman–Crippen MR) is 84.9 cm³/mol. The van der Waals surface area contributed by atoms with Gasteiger partial charge in [0.15, 0.2) is 0 Å². The standard InChI is InChI=1S/C17H21N3O2.ClHO4.Ni/c21-12-11-20(14-16-6-3-4-8-19-16)10-9-18-13-15-5-1-2-7-17(15)22;2-1(3,4)5;/h1-8,13,21-22H,9-12,14H2;(H,2,3,4,5);/q;;+2/p-2. The van der Waals surface area contributed by atoms with E-state index in [0.717, 1.165) is 5.69 Å². The van der Waals surface area contributed by atoms with Crippen molar-refractivity contribution in [2.24, 2.45) is 4.99 Å². The van der Waals surface area contributed by atoms with E-state index in [4.69, 9.17) is 23.7 Å². The Kier molecular flexibility index (Phi) is 13.6. The molecule has 0 atom stereocenters. The first-order valence-corrected chi connectivity index (χ1v) is 9.14. The fraction of sp³-hybridized carbons (Fsp3) is 0.294. The van der Waals surface area contributed by atoms with E-state index in [2.05, 4.69) is 14.9 Å². The molecular weight excluding hydrogens is 436 g/mol. The van der Waals surface area contributed by atoms with Crippen LogP contribution in [0, 0.1) is 10.2 Å². The molecule has 9 nitrogen and oxygen atoms in total. The second-order valence-corrected chi connectivity index (χ2v) is 6.03. The van der Waals surface area contributed by atoms with Gasteiger partial charge in [0.2, 0.25) is 0 Å². The molecule has 1 N–H and O–H groups in total. The summed E-state index contributed by atoms with van der Waals surface area (Å²) in [5, 5.41) is 20.7. The number of hydrogen-bond acceptors (Lipinski definition) is 9. The fourth-order valence-electron chi connectivity index (χ4n) is 2.08. The van der Waals surface area contributed by atoms with Gasteiger partial charge in [-0.05, 0) is 17.7 Å². The predicted octanol–water partition coefficient (Wildman–Crippen LogP) is -3.69. The Morgan fingerprint density at radius 2 is 1.68 bits per heavy atom. The maximum Gasteiger partial charge on any atom is 2.00 e. The summed E-state index contributed by atoms with van der Waals surface area (Å²) >= 11 is 0. The summed E-state index contributed by atoms with van der Waals surface area (Å²) in [6.07, 6.45) is 3.37. The molecule has 0 aliphatic heterocycles. The quantitative estimate of drug-likeness (QED) is 0.313. The number of pyridine rings is 1. The van der Waals surface area contributed by atoms with E-state index in [1.54, 1.807) is 24.5 Å². The Balaban J connectivity index is 0.00000108. The summed E-state index contributed by atoms with van der Waals surface area (Å²) < 4.78 is 34.0. The third-order valence-electron chi connectivity index (χ3n) is 3.22. The van der Waals surface area contributed by atoms with Gasteiger partial charge in [0.1, 0.15) is 0 Å². The van der Waals surface area contributed by atoms with Crippen molar-refractivity contribution in [3.63, 3.8) is 0 Å². The first-order valence-electron chi connectivity index (χ1n) is 7.90. The molecule has 1 aromatic heterocycles. The van der Waals surface area contributed by atoms with Crippen LogP contribution >= 0.6 is 0 Å². The van der Waals surface area contributed by atoms with Crippen LogP contribution in [0.1, 0.15) is 11.3 Å². The molecule has 0 saturated carbocycles. The average Bonchev–Trinajstić information content (AvgIpc) is 2.60. The minimum Gasteiger partial charge on any atom is -0.872 e. The van der Waals surface area contributed by atoms with E-state index < -0.39 is 10.2 Å². The molecule has 0 unspecified atom stereocenters. The van der Waals surface area contributed by atoms with E-state index in [9.17, 15) is 5.11 Å². The van der Waals surface area contributed by atoms with Crippen molar-refractivity contribution < 1.29 is 55.6 Å². The number of nitrogens with zero attached hydrogens (tertiary/aromatic N) is 3. The van der Waals surface area contributed by atoms with Gasteiger partial charge in [-0.15, -0.1) is 16.0 Å². The molecule has 2 rings (SSSR count). The molecule has 0 fully saturated rings. The first-order chi connectivity index (χ1) is 12.8. The van der Waals surface area contributed by atoms with E-state index in [1.165, 1.54) is 6.07 Å². The van der Waals surface area contributed by atoms with Crippen molar-refractivity contribution in [1.29, 1.82) is 0 Å². The molecule has 2 aromatic rings. The molecule has 1 aromatic carbocycles. The minimum atomic E-state index is -4.94. The topological polar surface area (TPSA) is 164 Å². The zero-order chi connectivity index (χ0) is 20.1. The number of aliphatic hydroxyl groups is 1. The summed E-state index contributed by atoms with van der Waals surface area (Å²) in [4.78, 5) is 10.7. The molecule has 1 heterocycles. The van der Waals surface area contributed by atoms with Gasteiger partial charge in [0, 0.05) is 32.0 Å². The molecule has 0 aliphatic carbocycles. The SMILES string of the molecule is [Ni+2].[O-][Cl+3]([O-])([O-])[O-].[O-]c1ccccc1C=NCCN(CCO)Cc1ccccn1. The van der Waals surface area contributed by atoms with Crippen molar-refractivity contribution in [2.45, 2.75) is 6.54 Å². The summed E-state index contributed by atoms with van der Waals surface area (Å²) in [6.45, 7) is 2.62. The zero-order valence-corrected chi connectivity index (χ0v) is 16.5. The number of aromatic nitrogens is 1. The third kappa shape index (κ3) is 13.5. The largest absolute Gasteiger partial charge is 2.00 e. The third-order valence-corrected chi connectivity index (χ3v) is 3.22. The molecule has 0 radical (unpaired) electrons. The van der Waals surface area contributed by atoms with E-state index in [0.29, 0.717) is 31.7 Å². The molecule has 11 heteroatoms. The van der Waals surface area contributed by atoms with Gasteiger partial charge < -0.3 is 10.2 Å². The van der Waals surface area contributed by atoms with Crippen molar-refractivity contribution >= 4 is 6.21 Å². The normalized spacial score (nSPS) is 11.1. The van der Waals surface area contributed by atoms with Gasteiger partial charge in [0.05, 0.1) is 18.8 Å². The van der Waals surface area contributed by atoms with Crippen molar-refractivity contribution in [2.75, 3.05) is 26.2 Å². The Hall–Kier alpha value is -1.62. The maximum absolute atomic E-state index is 11.5. The smallest absolute Gasteiger partial charge is 0.872 e. The van der Waals surface area contributed by atoms with Crippen LogP contribution in [-0.2, 0) is 23.0 Å². The van der Waals surface area contributed by atoms with Crippen LogP contribution in [0.25, 0.3) is 0 Å². The van der Waals surface area contributed by atoms with Gasteiger partial charge in [-0.3, -0.25) is 14.9 Å². The van der Waals surface area contributed by atoms with Crippen molar-refractivity contribution in [1.82, 2.24) is 9.88 Å². The van der Waals surface area contributed by atoms with Gasteiger partial charge in [-0.2, -0.15) is 0 Å². The fourth-order valence-corrected chi connectivity index (χ4v) is 2.08. The van der Waals surface area contributed by atoms with Crippen molar-refractivity contribution in [3.05, 3.63) is 59.9 Å². The van der Waals surface area contributed by atoms with Crippen LogP contribution in [0.15, 0.2) is 53.7 Å². The molecule has 0 spiro atoms. The van der Waals surface area contributed by atoms with E-state index in [-0.39, 0.29) is 28.8 Å². The summed E-state index contributed by atoms with van der Waals surface area (Å²) in [5.74, 6) is -0.0213. The van der Waals surface area contributed by atoms with Crippen LogP contribution in [0.4, 0.5) is 0 Å². The summed E-state index contributed by atoms with van der Waals surface area (Å²) in [5.41, 5.74) is 1.56. The van der Waals surface area contributed by atoms with Gasteiger partial charge in [-0.25, -0.2) is 18.6 Å².